The normalized spacial score (nSPS) is 12.6. The first-order valence-electron chi connectivity index (χ1n) is 3.25. The van der Waals surface area contributed by atoms with Crippen LogP contribution < -0.4 is 4.74 Å². The highest BCUT2D eigenvalue weighted by atomic mass is 127. The van der Waals surface area contributed by atoms with Crippen molar-refractivity contribution in [3.05, 3.63) is 30.1 Å². The zero-order valence-electron chi connectivity index (χ0n) is 6.05. The maximum Gasteiger partial charge on any atom is 0.165 e. The van der Waals surface area contributed by atoms with Crippen molar-refractivity contribution in [2.24, 2.45) is 0 Å². The van der Waals surface area contributed by atoms with Gasteiger partial charge in [0.25, 0.3) is 0 Å². The van der Waals surface area contributed by atoms with Gasteiger partial charge in [-0.25, -0.2) is 4.39 Å². The van der Waals surface area contributed by atoms with Crippen LogP contribution in [0.5, 0.6) is 5.75 Å². The molecule has 0 aliphatic carbocycles. The number of alkyl halides is 1. The fraction of sp³-hybridized carbons (Fsp3) is 0.250. The van der Waals surface area contributed by atoms with E-state index in [-0.39, 0.29) is 9.93 Å². The highest BCUT2D eigenvalue weighted by molar-refractivity contribution is 14.1. The third kappa shape index (κ3) is 2.65. The third-order valence-corrected chi connectivity index (χ3v) is 1.38. The molecule has 1 unspecified atom stereocenters. The molecule has 11 heavy (non-hydrogen) atoms. The predicted octanol–water partition coefficient (Wildman–Crippen LogP) is 2.99. The molecule has 0 spiro atoms. The minimum atomic E-state index is -0.309. The van der Waals surface area contributed by atoms with Crippen LogP contribution >= 0.6 is 22.6 Å². The fourth-order valence-corrected chi connectivity index (χ4v) is 0.989. The molecule has 1 rings (SSSR count). The number of benzene rings is 1. The number of halogens is 2. The van der Waals surface area contributed by atoms with Crippen molar-refractivity contribution < 1.29 is 9.13 Å². The molecule has 3 heteroatoms. The minimum absolute atomic E-state index is 0.00972. The topological polar surface area (TPSA) is 9.23 Å². The van der Waals surface area contributed by atoms with E-state index in [1.807, 2.05) is 6.92 Å². The number of rotatable bonds is 2. The summed E-state index contributed by atoms with van der Waals surface area (Å²) in [6, 6.07) is 6.39. The lowest BCUT2D eigenvalue weighted by atomic mass is 10.3. The molecule has 0 aliphatic rings. The molecule has 0 aliphatic heterocycles. The first kappa shape index (κ1) is 8.77. The number of hydrogen-bond donors (Lipinski definition) is 0. The molecule has 1 aromatic carbocycles. The molecule has 0 N–H and O–H groups in total. The lowest BCUT2D eigenvalue weighted by molar-refractivity contribution is 0.305. The highest BCUT2D eigenvalue weighted by Crippen LogP contribution is 2.18. The van der Waals surface area contributed by atoms with Gasteiger partial charge in [0.05, 0.1) is 0 Å². The smallest absolute Gasteiger partial charge is 0.165 e. The van der Waals surface area contributed by atoms with Gasteiger partial charge in [0.1, 0.15) is 4.11 Å². The van der Waals surface area contributed by atoms with Crippen molar-refractivity contribution >= 4 is 22.6 Å². The van der Waals surface area contributed by atoms with E-state index in [2.05, 4.69) is 22.6 Å². The molecule has 1 atom stereocenters. The summed E-state index contributed by atoms with van der Waals surface area (Å²) in [5.74, 6) is 0.00501. The van der Waals surface area contributed by atoms with Gasteiger partial charge in [-0.2, -0.15) is 0 Å². The Balaban J connectivity index is 2.78. The molecule has 0 fully saturated rings. The summed E-state index contributed by atoms with van der Waals surface area (Å²) in [5, 5.41) is 0. The van der Waals surface area contributed by atoms with Crippen LogP contribution in [0.1, 0.15) is 6.92 Å². The van der Waals surface area contributed by atoms with Gasteiger partial charge in [-0.3, -0.25) is 0 Å². The molecule has 0 bridgehead atoms. The maximum atomic E-state index is 12.8. The van der Waals surface area contributed by atoms with Crippen molar-refractivity contribution in [3.63, 3.8) is 0 Å². The van der Waals surface area contributed by atoms with E-state index >= 15 is 0 Å². The summed E-state index contributed by atoms with van der Waals surface area (Å²) in [6.07, 6.45) is 0. The average Bonchev–Trinajstić information content (AvgIpc) is 1.93. The average molecular weight is 266 g/mol. The zero-order chi connectivity index (χ0) is 8.27. The number of para-hydroxylation sites is 1. The van der Waals surface area contributed by atoms with E-state index in [0.29, 0.717) is 5.75 Å². The maximum absolute atomic E-state index is 12.8. The molecule has 0 saturated carbocycles. The second-order valence-electron chi connectivity index (χ2n) is 2.09. The van der Waals surface area contributed by atoms with Crippen molar-refractivity contribution in [2.75, 3.05) is 0 Å². The van der Waals surface area contributed by atoms with Gasteiger partial charge in [-0.05, 0) is 41.6 Å². The minimum Gasteiger partial charge on any atom is -0.477 e. The molecule has 60 valence electrons. The van der Waals surface area contributed by atoms with Crippen LogP contribution in [0.25, 0.3) is 0 Å². The van der Waals surface area contributed by atoms with Crippen molar-refractivity contribution in [1.82, 2.24) is 0 Å². The van der Waals surface area contributed by atoms with Gasteiger partial charge in [-0.1, -0.05) is 12.1 Å². The number of ether oxygens (including phenoxy) is 1. The van der Waals surface area contributed by atoms with E-state index in [1.165, 1.54) is 6.07 Å². The molecule has 0 heterocycles. The van der Waals surface area contributed by atoms with Gasteiger partial charge < -0.3 is 4.74 Å². The van der Waals surface area contributed by atoms with Gasteiger partial charge in [0.15, 0.2) is 11.6 Å². The van der Waals surface area contributed by atoms with Crippen molar-refractivity contribution in [2.45, 2.75) is 11.0 Å². The molecule has 0 saturated heterocycles. The Hall–Kier alpha value is -0.320. The molecule has 1 aromatic rings. The first-order valence-corrected chi connectivity index (χ1v) is 4.50. The fourth-order valence-electron chi connectivity index (χ4n) is 0.715. The molecular formula is C8H8FIO. The summed E-state index contributed by atoms with van der Waals surface area (Å²) < 4.78 is 18.0. The van der Waals surface area contributed by atoms with Crippen LogP contribution in [-0.4, -0.2) is 4.11 Å². The third-order valence-electron chi connectivity index (χ3n) is 1.13. The van der Waals surface area contributed by atoms with Crippen LogP contribution in [0, 0.1) is 5.82 Å². The van der Waals surface area contributed by atoms with Gasteiger partial charge >= 0.3 is 0 Å². The van der Waals surface area contributed by atoms with Crippen molar-refractivity contribution in [3.8, 4) is 5.75 Å². The summed E-state index contributed by atoms with van der Waals surface area (Å²) in [6.45, 7) is 1.85. The first-order chi connectivity index (χ1) is 5.20. The molecule has 0 radical (unpaired) electrons. The lowest BCUT2D eigenvalue weighted by Crippen LogP contribution is -2.02. The molecule has 0 aromatic heterocycles. The SMILES string of the molecule is CC(I)Oc1ccccc1F. The Morgan fingerprint density at radius 2 is 2.09 bits per heavy atom. The van der Waals surface area contributed by atoms with Crippen LogP contribution in [0.4, 0.5) is 4.39 Å². The second kappa shape index (κ2) is 3.90. The van der Waals surface area contributed by atoms with E-state index in [0.717, 1.165) is 0 Å². The van der Waals surface area contributed by atoms with Crippen molar-refractivity contribution in [1.29, 1.82) is 0 Å². The Bertz CT molecular complexity index is 237. The second-order valence-corrected chi connectivity index (χ2v) is 3.85. The van der Waals surface area contributed by atoms with E-state index in [4.69, 9.17) is 4.74 Å². The molecule has 0 amide bonds. The van der Waals surface area contributed by atoms with Gasteiger partial charge in [0, 0.05) is 0 Å². The quantitative estimate of drug-likeness (QED) is 0.590. The van der Waals surface area contributed by atoms with Crippen LogP contribution in [0.2, 0.25) is 0 Å². The van der Waals surface area contributed by atoms with Crippen LogP contribution in [0.15, 0.2) is 24.3 Å². The summed E-state index contributed by atoms with van der Waals surface area (Å²) >= 11 is 2.07. The Kier molecular flexibility index (Phi) is 3.11. The van der Waals surface area contributed by atoms with Gasteiger partial charge in [0.2, 0.25) is 0 Å². The van der Waals surface area contributed by atoms with Crippen LogP contribution in [-0.2, 0) is 0 Å². The highest BCUT2D eigenvalue weighted by Gasteiger charge is 2.02. The summed E-state index contributed by atoms with van der Waals surface area (Å²) in [5.41, 5.74) is 0. The monoisotopic (exact) mass is 266 g/mol. The zero-order valence-corrected chi connectivity index (χ0v) is 8.21. The van der Waals surface area contributed by atoms with E-state index < -0.39 is 0 Å². The predicted molar refractivity (Wildman–Crippen MR) is 50.5 cm³/mol. The largest absolute Gasteiger partial charge is 0.477 e. The lowest BCUT2D eigenvalue weighted by Gasteiger charge is -2.07. The molecular weight excluding hydrogens is 258 g/mol. The molecule has 1 nitrogen and oxygen atoms in total. The van der Waals surface area contributed by atoms with E-state index in [9.17, 15) is 4.39 Å². The summed E-state index contributed by atoms with van der Waals surface area (Å²) in [7, 11) is 0. The van der Waals surface area contributed by atoms with E-state index in [1.54, 1.807) is 18.2 Å². The Labute approximate surface area is 78.7 Å². The summed E-state index contributed by atoms with van der Waals surface area (Å²) in [4.78, 5) is 0. The van der Waals surface area contributed by atoms with Gasteiger partial charge in [-0.15, -0.1) is 0 Å². The van der Waals surface area contributed by atoms with Crippen LogP contribution in [0.3, 0.4) is 0 Å². The standard InChI is InChI=1S/C8H8FIO/c1-6(10)11-8-5-3-2-4-7(8)9/h2-6H,1H3. The Morgan fingerprint density at radius 3 is 2.64 bits per heavy atom. The number of hydrogen-bond acceptors (Lipinski definition) is 1. The Morgan fingerprint density at radius 1 is 1.45 bits per heavy atom.